The van der Waals surface area contributed by atoms with E-state index in [1.165, 1.54) is 0 Å². The fraction of sp³-hybridized carbons (Fsp3) is 0.333. The van der Waals surface area contributed by atoms with Gasteiger partial charge in [-0.2, -0.15) is 0 Å². The molecule has 3 N–H and O–H groups in total. The Morgan fingerprint density at radius 1 is 1.48 bits per heavy atom. The predicted molar refractivity (Wildman–Crippen MR) is 81.2 cm³/mol. The van der Waals surface area contributed by atoms with Gasteiger partial charge in [-0.25, -0.2) is 4.98 Å². The molecule has 1 heterocycles. The minimum atomic E-state index is -0.129. The van der Waals surface area contributed by atoms with Gasteiger partial charge in [0.15, 0.2) is 0 Å². The maximum absolute atomic E-state index is 12.0. The van der Waals surface area contributed by atoms with Crippen LogP contribution in [-0.4, -0.2) is 28.6 Å². The van der Waals surface area contributed by atoms with Crippen molar-refractivity contribution in [3.8, 4) is 5.75 Å². The Hall–Kier alpha value is -2.50. The molecule has 0 fully saturated rings. The maximum atomic E-state index is 12.0. The number of anilines is 1. The lowest BCUT2D eigenvalue weighted by molar-refractivity contribution is 0.0952. The first-order valence-electron chi connectivity index (χ1n) is 6.97. The van der Waals surface area contributed by atoms with Gasteiger partial charge in [-0.15, -0.1) is 0 Å². The molecule has 0 unspecified atom stereocenters. The Kier molecular flexibility index (Phi) is 5.20. The van der Waals surface area contributed by atoms with Crippen molar-refractivity contribution in [1.29, 1.82) is 0 Å². The molecule has 21 heavy (non-hydrogen) atoms. The van der Waals surface area contributed by atoms with Gasteiger partial charge in [0.25, 0.3) is 5.91 Å². The summed E-state index contributed by atoms with van der Waals surface area (Å²) in [6.45, 7) is 3.86. The highest BCUT2D eigenvalue weighted by atomic mass is 16.5. The van der Waals surface area contributed by atoms with Crippen LogP contribution >= 0.6 is 0 Å². The van der Waals surface area contributed by atoms with E-state index in [0.29, 0.717) is 30.2 Å². The smallest absolute Gasteiger partial charge is 0.251 e. The number of amides is 1. The summed E-state index contributed by atoms with van der Waals surface area (Å²) in [6, 6.07) is 5.07. The summed E-state index contributed by atoms with van der Waals surface area (Å²) < 4.78 is 7.32. The molecule has 0 aliphatic carbocycles. The quantitative estimate of drug-likeness (QED) is 0.600. The highest BCUT2D eigenvalue weighted by Gasteiger charge is 2.08. The van der Waals surface area contributed by atoms with Crippen LogP contribution in [0.25, 0.3) is 0 Å². The Morgan fingerprint density at radius 2 is 2.33 bits per heavy atom. The van der Waals surface area contributed by atoms with Gasteiger partial charge in [0.1, 0.15) is 5.75 Å². The first-order valence-corrected chi connectivity index (χ1v) is 6.97. The summed E-state index contributed by atoms with van der Waals surface area (Å²) in [4.78, 5) is 16.0. The third-order valence-corrected chi connectivity index (χ3v) is 3.01. The third-order valence-electron chi connectivity index (χ3n) is 3.01. The molecule has 112 valence electrons. The van der Waals surface area contributed by atoms with E-state index < -0.39 is 0 Å². The number of hydrogen-bond donors (Lipinski definition) is 2. The molecule has 1 amide bonds. The van der Waals surface area contributed by atoms with Gasteiger partial charge >= 0.3 is 0 Å². The Labute approximate surface area is 123 Å². The van der Waals surface area contributed by atoms with Crippen molar-refractivity contribution in [2.45, 2.75) is 19.9 Å². The molecule has 2 rings (SSSR count). The molecular formula is C15H20N4O2. The average Bonchev–Trinajstić information content (AvgIpc) is 2.99. The second-order valence-corrected chi connectivity index (χ2v) is 4.60. The van der Waals surface area contributed by atoms with Crippen molar-refractivity contribution in [1.82, 2.24) is 14.9 Å². The molecular weight excluding hydrogens is 268 g/mol. The third kappa shape index (κ3) is 4.24. The van der Waals surface area contributed by atoms with Gasteiger partial charge in [-0.3, -0.25) is 4.79 Å². The van der Waals surface area contributed by atoms with Gasteiger partial charge in [-0.05, 0) is 31.5 Å². The maximum Gasteiger partial charge on any atom is 0.251 e. The van der Waals surface area contributed by atoms with Crippen molar-refractivity contribution in [3.05, 3.63) is 42.5 Å². The van der Waals surface area contributed by atoms with Crippen molar-refractivity contribution in [2.24, 2.45) is 0 Å². The van der Waals surface area contributed by atoms with E-state index in [1.807, 2.05) is 17.7 Å². The van der Waals surface area contributed by atoms with Crippen LogP contribution in [0, 0.1) is 0 Å². The minimum Gasteiger partial charge on any atom is -0.492 e. The highest BCUT2D eigenvalue weighted by molar-refractivity contribution is 5.95. The number of aromatic nitrogens is 2. The largest absolute Gasteiger partial charge is 0.492 e. The standard InChI is InChI=1S/C15H20N4O2/c1-2-21-14-5-4-12(10-13(14)16)15(20)18-6-3-8-19-9-7-17-11-19/h4-5,7,9-11H,2-3,6,8,16H2,1H3,(H,18,20). The Balaban J connectivity index is 1.81. The fourth-order valence-electron chi connectivity index (χ4n) is 1.96. The van der Waals surface area contributed by atoms with Crippen LogP contribution in [0.1, 0.15) is 23.7 Å². The molecule has 0 saturated heterocycles. The molecule has 1 aromatic carbocycles. The van der Waals surface area contributed by atoms with Crippen molar-refractivity contribution >= 4 is 11.6 Å². The number of benzene rings is 1. The molecule has 0 atom stereocenters. The van der Waals surface area contributed by atoms with E-state index in [0.717, 1.165) is 13.0 Å². The van der Waals surface area contributed by atoms with Crippen LogP contribution in [0.3, 0.4) is 0 Å². The van der Waals surface area contributed by atoms with Crippen molar-refractivity contribution in [2.75, 3.05) is 18.9 Å². The van der Waals surface area contributed by atoms with Gasteiger partial charge in [0, 0.05) is 31.0 Å². The van der Waals surface area contributed by atoms with Gasteiger partial charge in [-0.1, -0.05) is 0 Å². The second kappa shape index (κ2) is 7.33. The van der Waals surface area contributed by atoms with Crippen LogP contribution in [0.2, 0.25) is 0 Å². The second-order valence-electron chi connectivity index (χ2n) is 4.60. The van der Waals surface area contributed by atoms with Crippen LogP contribution in [0.15, 0.2) is 36.9 Å². The summed E-state index contributed by atoms with van der Waals surface area (Å²) in [6.07, 6.45) is 6.24. The number of nitrogens with one attached hydrogen (secondary N) is 1. The molecule has 6 nitrogen and oxygen atoms in total. The van der Waals surface area contributed by atoms with Gasteiger partial charge < -0.3 is 20.4 Å². The van der Waals surface area contributed by atoms with Crippen LogP contribution in [0.4, 0.5) is 5.69 Å². The van der Waals surface area contributed by atoms with E-state index in [1.54, 1.807) is 30.7 Å². The lowest BCUT2D eigenvalue weighted by Crippen LogP contribution is -2.25. The van der Waals surface area contributed by atoms with Crippen LogP contribution in [-0.2, 0) is 6.54 Å². The number of rotatable bonds is 7. The number of imidazole rings is 1. The summed E-state index contributed by atoms with van der Waals surface area (Å²) in [5.74, 6) is 0.476. The highest BCUT2D eigenvalue weighted by Crippen LogP contribution is 2.22. The number of hydrogen-bond acceptors (Lipinski definition) is 4. The van der Waals surface area contributed by atoms with E-state index in [-0.39, 0.29) is 5.91 Å². The van der Waals surface area contributed by atoms with E-state index in [9.17, 15) is 4.79 Å². The average molecular weight is 288 g/mol. The molecule has 0 aliphatic heterocycles. The van der Waals surface area contributed by atoms with Crippen LogP contribution < -0.4 is 15.8 Å². The Bertz CT molecular complexity index is 581. The topological polar surface area (TPSA) is 82.2 Å². The zero-order valence-electron chi connectivity index (χ0n) is 12.1. The SMILES string of the molecule is CCOc1ccc(C(=O)NCCCn2ccnc2)cc1N. The summed E-state index contributed by atoms with van der Waals surface area (Å²) in [5, 5.41) is 2.87. The molecule has 0 radical (unpaired) electrons. The number of nitrogens with zero attached hydrogens (tertiary/aromatic N) is 2. The lowest BCUT2D eigenvalue weighted by atomic mass is 10.1. The fourth-order valence-corrected chi connectivity index (χ4v) is 1.96. The van der Waals surface area contributed by atoms with Gasteiger partial charge in [0.2, 0.25) is 0 Å². The number of aryl methyl sites for hydroxylation is 1. The predicted octanol–water partition coefficient (Wildman–Crippen LogP) is 1.68. The molecule has 0 bridgehead atoms. The molecule has 0 spiro atoms. The minimum absolute atomic E-state index is 0.129. The number of nitrogen functional groups attached to an aromatic ring is 1. The van der Waals surface area contributed by atoms with E-state index in [4.69, 9.17) is 10.5 Å². The molecule has 0 saturated carbocycles. The van der Waals surface area contributed by atoms with E-state index in [2.05, 4.69) is 10.3 Å². The number of carbonyl (C=O) groups excluding carboxylic acids is 1. The van der Waals surface area contributed by atoms with Crippen molar-refractivity contribution < 1.29 is 9.53 Å². The molecule has 2 aromatic rings. The molecule has 0 aliphatic rings. The lowest BCUT2D eigenvalue weighted by Gasteiger charge is -2.09. The normalized spacial score (nSPS) is 10.3. The molecule has 1 aromatic heterocycles. The number of nitrogens with two attached hydrogens (primary N) is 1. The first kappa shape index (κ1) is 14.9. The molecule has 6 heteroatoms. The van der Waals surface area contributed by atoms with Gasteiger partial charge in [0.05, 0.1) is 18.6 Å². The van der Waals surface area contributed by atoms with Crippen molar-refractivity contribution in [3.63, 3.8) is 0 Å². The number of ether oxygens (including phenoxy) is 1. The summed E-state index contributed by atoms with van der Waals surface area (Å²) >= 11 is 0. The van der Waals surface area contributed by atoms with Crippen LogP contribution in [0.5, 0.6) is 5.75 Å². The Morgan fingerprint density at radius 3 is 3.00 bits per heavy atom. The zero-order chi connectivity index (χ0) is 15.1. The monoisotopic (exact) mass is 288 g/mol. The van der Waals surface area contributed by atoms with E-state index >= 15 is 0 Å². The number of carbonyl (C=O) groups is 1. The summed E-state index contributed by atoms with van der Waals surface area (Å²) in [7, 11) is 0. The first-order chi connectivity index (χ1) is 10.2. The summed E-state index contributed by atoms with van der Waals surface area (Å²) in [5.41, 5.74) is 6.86. The zero-order valence-corrected chi connectivity index (χ0v) is 12.1.